The molecule has 0 saturated carbocycles. The number of aryl methyl sites for hydroxylation is 1. The summed E-state index contributed by atoms with van der Waals surface area (Å²) in [6, 6.07) is 0. The number of nitrogens with two attached hydrogens (primary N) is 2. The zero-order valence-corrected chi connectivity index (χ0v) is 8.12. The van der Waals surface area contributed by atoms with E-state index in [0.717, 1.165) is 0 Å². The van der Waals surface area contributed by atoms with Crippen molar-refractivity contribution in [3.05, 3.63) is 21.6 Å². The van der Waals surface area contributed by atoms with Gasteiger partial charge in [-0.2, -0.15) is 0 Å². The lowest BCUT2D eigenvalue weighted by Crippen LogP contribution is -2.33. The molecule has 1 unspecified atom stereocenters. The van der Waals surface area contributed by atoms with Crippen LogP contribution in [-0.2, 0) is 17.6 Å². The molecule has 1 aromatic rings. The molecule has 0 aromatic carbocycles. The highest BCUT2D eigenvalue weighted by molar-refractivity contribution is 5.77. The maximum atomic E-state index is 11.5. The van der Waals surface area contributed by atoms with Crippen LogP contribution in [-0.4, -0.2) is 15.9 Å². The largest absolute Gasteiger partial charge is 0.369 e. The number of rotatable bonds is 1. The molecule has 15 heavy (non-hydrogen) atoms. The van der Waals surface area contributed by atoms with Crippen LogP contribution in [0, 0.1) is 5.92 Å². The van der Waals surface area contributed by atoms with Crippen LogP contribution in [0.1, 0.15) is 17.7 Å². The van der Waals surface area contributed by atoms with Crippen LogP contribution in [0.4, 0.5) is 5.95 Å². The molecule has 1 aromatic heterocycles. The number of carbonyl (C=O) groups excluding carboxylic acids is 1. The molecular weight excluding hydrogens is 196 g/mol. The topological polar surface area (TPSA) is 115 Å². The molecule has 0 aliphatic heterocycles. The molecule has 1 aliphatic rings. The molecule has 0 spiro atoms. The first-order valence-corrected chi connectivity index (χ1v) is 4.75. The van der Waals surface area contributed by atoms with Crippen molar-refractivity contribution in [1.82, 2.24) is 9.97 Å². The predicted molar refractivity (Wildman–Crippen MR) is 54.0 cm³/mol. The van der Waals surface area contributed by atoms with E-state index in [0.29, 0.717) is 30.5 Å². The first-order valence-electron chi connectivity index (χ1n) is 4.75. The molecule has 0 radical (unpaired) electrons. The number of hydrogen-bond donors (Lipinski definition) is 3. The molecular formula is C9H12N4O2. The summed E-state index contributed by atoms with van der Waals surface area (Å²) >= 11 is 0. The van der Waals surface area contributed by atoms with E-state index in [1.165, 1.54) is 0 Å². The number of amides is 1. The first-order chi connectivity index (χ1) is 7.08. The van der Waals surface area contributed by atoms with Gasteiger partial charge in [0.15, 0.2) is 0 Å². The van der Waals surface area contributed by atoms with Crippen LogP contribution in [0.3, 0.4) is 0 Å². The standard InChI is InChI=1S/C9H12N4O2/c10-7(14)4-1-2-6-5(3-4)8(15)13-9(11)12-6/h4H,1-3H2,(H2,10,14)(H3,11,12,13,15). The van der Waals surface area contributed by atoms with Crippen molar-refractivity contribution in [1.29, 1.82) is 0 Å². The highest BCUT2D eigenvalue weighted by Gasteiger charge is 2.25. The summed E-state index contributed by atoms with van der Waals surface area (Å²) < 4.78 is 0. The van der Waals surface area contributed by atoms with Gasteiger partial charge in [0, 0.05) is 11.5 Å². The van der Waals surface area contributed by atoms with Crippen LogP contribution in [0.2, 0.25) is 0 Å². The van der Waals surface area contributed by atoms with Gasteiger partial charge in [-0.3, -0.25) is 14.6 Å². The highest BCUT2D eigenvalue weighted by Crippen LogP contribution is 2.21. The number of nitrogens with zero attached hydrogens (tertiary/aromatic N) is 1. The van der Waals surface area contributed by atoms with Crippen molar-refractivity contribution < 1.29 is 4.79 Å². The maximum absolute atomic E-state index is 11.5. The van der Waals surface area contributed by atoms with E-state index in [2.05, 4.69) is 9.97 Å². The van der Waals surface area contributed by atoms with Crippen molar-refractivity contribution in [3.63, 3.8) is 0 Å². The van der Waals surface area contributed by atoms with E-state index in [1.807, 2.05) is 0 Å². The normalized spacial score (nSPS) is 19.6. The summed E-state index contributed by atoms with van der Waals surface area (Å²) in [7, 11) is 0. The third kappa shape index (κ3) is 1.70. The van der Waals surface area contributed by atoms with E-state index in [1.54, 1.807) is 0 Å². The first kappa shape index (κ1) is 9.70. The monoisotopic (exact) mass is 208 g/mol. The Morgan fingerprint density at radius 3 is 2.93 bits per heavy atom. The minimum atomic E-state index is -0.364. The maximum Gasteiger partial charge on any atom is 0.255 e. The van der Waals surface area contributed by atoms with Gasteiger partial charge in [-0.1, -0.05) is 0 Å². The van der Waals surface area contributed by atoms with Gasteiger partial charge >= 0.3 is 0 Å². The Labute approximate surface area is 85.7 Å². The van der Waals surface area contributed by atoms with Crippen molar-refractivity contribution in [2.75, 3.05) is 5.73 Å². The molecule has 2 rings (SSSR count). The smallest absolute Gasteiger partial charge is 0.255 e. The fraction of sp³-hybridized carbons (Fsp3) is 0.444. The Morgan fingerprint density at radius 1 is 1.53 bits per heavy atom. The Morgan fingerprint density at radius 2 is 2.27 bits per heavy atom. The lowest BCUT2D eigenvalue weighted by Gasteiger charge is -2.20. The molecule has 0 saturated heterocycles. The van der Waals surface area contributed by atoms with Gasteiger partial charge in [0.1, 0.15) is 0 Å². The molecule has 5 N–H and O–H groups in total. The number of H-pyrrole nitrogens is 1. The van der Waals surface area contributed by atoms with Gasteiger partial charge < -0.3 is 11.5 Å². The Kier molecular flexibility index (Phi) is 2.18. The van der Waals surface area contributed by atoms with Gasteiger partial charge in [-0.25, -0.2) is 4.98 Å². The van der Waals surface area contributed by atoms with Gasteiger partial charge in [0.05, 0.1) is 5.69 Å². The quantitative estimate of drug-likeness (QED) is 0.545. The fourth-order valence-electron chi connectivity index (χ4n) is 1.88. The minimum absolute atomic E-state index is 0.122. The Balaban J connectivity index is 2.42. The Hall–Kier alpha value is -1.85. The number of aromatic amines is 1. The third-order valence-electron chi connectivity index (χ3n) is 2.70. The van der Waals surface area contributed by atoms with Crippen LogP contribution in [0.25, 0.3) is 0 Å². The fourth-order valence-corrected chi connectivity index (χ4v) is 1.88. The summed E-state index contributed by atoms with van der Waals surface area (Å²) in [4.78, 5) is 29.0. The van der Waals surface area contributed by atoms with Crippen LogP contribution >= 0.6 is 0 Å². The second kappa shape index (κ2) is 3.38. The molecule has 1 heterocycles. The Bertz CT molecular complexity index is 466. The molecule has 80 valence electrons. The average Bonchev–Trinajstić information content (AvgIpc) is 2.16. The molecule has 6 heteroatoms. The number of anilines is 1. The highest BCUT2D eigenvalue weighted by atomic mass is 16.1. The van der Waals surface area contributed by atoms with E-state index in [4.69, 9.17) is 11.5 Å². The summed E-state index contributed by atoms with van der Waals surface area (Å²) in [6.07, 6.45) is 1.59. The molecule has 0 bridgehead atoms. The average molecular weight is 208 g/mol. The second-order valence-corrected chi connectivity index (χ2v) is 3.72. The van der Waals surface area contributed by atoms with Gasteiger partial charge in [0.25, 0.3) is 5.56 Å². The summed E-state index contributed by atoms with van der Waals surface area (Å²) in [5, 5.41) is 0. The number of nitrogens with one attached hydrogen (secondary N) is 1. The van der Waals surface area contributed by atoms with Crippen LogP contribution in [0.5, 0.6) is 0 Å². The molecule has 0 fully saturated rings. The number of primary amides is 1. The lowest BCUT2D eigenvalue weighted by molar-refractivity contribution is -0.122. The number of aromatic nitrogens is 2. The number of nitrogen functional groups attached to an aromatic ring is 1. The lowest BCUT2D eigenvalue weighted by atomic mass is 9.87. The summed E-state index contributed by atoms with van der Waals surface area (Å²) in [5.74, 6) is -0.503. The number of hydrogen-bond acceptors (Lipinski definition) is 4. The van der Waals surface area contributed by atoms with E-state index in [9.17, 15) is 9.59 Å². The molecule has 1 aliphatic carbocycles. The van der Waals surface area contributed by atoms with E-state index >= 15 is 0 Å². The van der Waals surface area contributed by atoms with E-state index < -0.39 is 0 Å². The SMILES string of the molecule is NC(=O)C1CCc2nc(N)[nH]c(=O)c2C1. The van der Waals surface area contributed by atoms with Crippen LogP contribution in [0.15, 0.2) is 4.79 Å². The van der Waals surface area contributed by atoms with Gasteiger partial charge in [0.2, 0.25) is 11.9 Å². The zero-order chi connectivity index (χ0) is 11.0. The van der Waals surface area contributed by atoms with Crippen molar-refractivity contribution in [2.45, 2.75) is 19.3 Å². The zero-order valence-electron chi connectivity index (χ0n) is 8.12. The summed E-state index contributed by atoms with van der Waals surface area (Å²) in [6.45, 7) is 0. The molecule has 1 atom stereocenters. The minimum Gasteiger partial charge on any atom is -0.369 e. The van der Waals surface area contributed by atoms with Crippen molar-refractivity contribution in [3.8, 4) is 0 Å². The van der Waals surface area contributed by atoms with Crippen LogP contribution < -0.4 is 17.0 Å². The predicted octanol–water partition coefficient (Wildman–Crippen LogP) is -1.06. The summed E-state index contributed by atoms with van der Waals surface area (Å²) in [5.41, 5.74) is 11.6. The molecule has 6 nitrogen and oxygen atoms in total. The second-order valence-electron chi connectivity index (χ2n) is 3.72. The third-order valence-corrected chi connectivity index (χ3v) is 2.70. The number of fused-ring (bicyclic) bond motifs is 1. The molecule has 1 amide bonds. The van der Waals surface area contributed by atoms with Gasteiger partial charge in [-0.15, -0.1) is 0 Å². The van der Waals surface area contributed by atoms with E-state index in [-0.39, 0.29) is 23.3 Å². The van der Waals surface area contributed by atoms with Crippen molar-refractivity contribution >= 4 is 11.9 Å². The van der Waals surface area contributed by atoms with Crippen molar-refractivity contribution in [2.24, 2.45) is 11.7 Å². The van der Waals surface area contributed by atoms with Gasteiger partial charge in [-0.05, 0) is 19.3 Å². The number of carbonyl (C=O) groups is 1.